The molecule has 1 aromatic carbocycles. The Balaban J connectivity index is 1.66. The number of hydrogen-bond donors (Lipinski definition) is 2. The van der Waals surface area contributed by atoms with Crippen molar-refractivity contribution in [2.24, 2.45) is 0 Å². The minimum atomic E-state index is -0.0443. The van der Waals surface area contributed by atoms with Crippen molar-refractivity contribution in [2.45, 2.75) is 44.7 Å². The Morgan fingerprint density at radius 1 is 1.21 bits per heavy atom. The Morgan fingerprint density at radius 2 is 2.00 bits per heavy atom. The molecule has 0 atom stereocenters. The normalized spacial score (nSPS) is 20.0. The SMILES string of the molecule is CCNC(=O)c1ccc2sc3ncnc(NC4CCC(N(C)C)CC4)c3c2c1. The fourth-order valence-corrected chi connectivity index (χ4v) is 5.08. The van der Waals surface area contributed by atoms with Gasteiger partial charge in [-0.2, -0.15) is 0 Å². The molecular weight excluding hydrogens is 370 g/mol. The summed E-state index contributed by atoms with van der Waals surface area (Å²) in [5, 5.41) is 8.63. The Morgan fingerprint density at radius 3 is 2.71 bits per heavy atom. The van der Waals surface area contributed by atoms with Gasteiger partial charge in [-0.05, 0) is 64.9 Å². The van der Waals surface area contributed by atoms with Crippen LogP contribution in [0.15, 0.2) is 24.5 Å². The molecule has 1 amide bonds. The molecule has 6 nitrogen and oxygen atoms in total. The van der Waals surface area contributed by atoms with Gasteiger partial charge in [0, 0.05) is 34.3 Å². The number of aromatic nitrogens is 2. The van der Waals surface area contributed by atoms with Crippen LogP contribution in [0.5, 0.6) is 0 Å². The summed E-state index contributed by atoms with van der Waals surface area (Å²) in [7, 11) is 4.33. The first kappa shape index (κ1) is 19.1. The molecule has 0 unspecified atom stereocenters. The summed E-state index contributed by atoms with van der Waals surface area (Å²) in [5.41, 5.74) is 0.676. The molecule has 0 spiro atoms. The Hall–Kier alpha value is -2.25. The van der Waals surface area contributed by atoms with Crippen LogP contribution < -0.4 is 10.6 Å². The molecule has 0 bridgehead atoms. The van der Waals surface area contributed by atoms with Crippen LogP contribution in [-0.2, 0) is 0 Å². The lowest BCUT2D eigenvalue weighted by Crippen LogP contribution is -2.36. The largest absolute Gasteiger partial charge is 0.367 e. The molecule has 2 N–H and O–H groups in total. The van der Waals surface area contributed by atoms with E-state index in [0.717, 1.165) is 39.0 Å². The van der Waals surface area contributed by atoms with Gasteiger partial charge >= 0.3 is 0 Å². The lowest BCUT2D eigenvalue weighted by Gasteiger charge is -2.33. The Bertz CT molecular complexity index is 991. The second-order valence-corrected chi connectivity index (χ2v) is 8.72. The van der Waals surface area contributed by atoms with Crippen molar-refractivity contribution in [3.8, 4) is 0 Å². The molecule has 3 aromatic rings. The molecule has 28 heavy (non-hydrogen) atoms. The molecule has 2 aromatic heterocycles. The number of thiophene rings is 1. The number of rotatable bonds is 5. The van der Waals surface area contributed by atoms with Crippen molar-refractivity contribution >= 4 is 43.4 Å². The fourth-order valence-electron chi connectivity index (χ4n) is 4.05. The summed E-state index contributed by atoms with van der Waals surface area (Å²) in [4.78, 5) is 24.6. The smallest absolute Gasteiger partial charge is 0.251 e. The van der Waals surface area contributed by atoms with Crippen LogP contribution in [0.4, 0.5) is 5.82 Å². The monoisotopic (exact) mass is 397 g/mol. The highest BCUT2D eigenvalue weighted by Gasteiger charge is 2.23. The van der Waals surface area contributed by atoms with E-state index in [4.69, 9.17) is 0 Å². The van der Waals surface area contributed by atoms with Crippen molar-refractivity contribution in [3.63, 3.8) is 0 Å². The van der Waals surface area contributed by atoms with Gasteiger partial charge in [0.25, 0.3) is 5.91 Å². The number of nitrogens with zero attached hydrogens (tertiary/aromatic N) is 3. The lowest BCUT2D eigenvalue weighted by molar-refractivity contribution is 0.0956. The summed E-state index contributed by atoms with van der Waals surface area (Å²) in [6, 6.07) is 6.96. The fraction of sp³-hybridized carbons (Fsp3) is 0.476. The average Bonchev–Trinajstić information content (AvgIpc) is 3.07. The maximum absolute atomic E-state index is 12.3. The molecule has 148 valence electrons. The maximum Gasteiger partial charge on any atom is 0.251 e. The van der Waals surface area contributed by atoms with Crippen LogP contribution in [0.3, 0.4) is 0 Å². The minimum Gasteiger partial charge on any atom is -0.367 e. The van der Waals surface area contributed by atoms with Crippen molar-refractivity contribution in [1.29, 1.82) is 0 Å². The molecule has 0 aliphatic heterocycles. The molecule has 2 heterocycles. The molecule has 4 rings (SSSR count). The number of benzene rings is 1. The third kappa shape index (κ3) is 3.69. The van der Waals surface area contributed by atoms with E-state index in [1.807, 2.05) is 25.1 Å². The van der Waals surface area contributed by atoms with Crippen molar-refractivity contribution < 1.29 is 4.79 Å². The van der Waals surface area contributed by atoms with Gasteiger partial charge in [0.2, 0.25) is 0 Å². The maximum atomic E-state index is 12.3. The predicted octanol–water partition coefficient (Wildman–Crippen LogP) is 3.88. The quantitative estimate of drug-likeness (QED) is 0.684. The molecule has 1 saturated carbocycles. The summed E-state index contributed by atoms with van der Waals surface area (Å²) in [5.74, 6) is 0.842. The average molecular weight is 398 g/mol. The Labute approximate surface area is 169 Å². The standard InChI is InChI=1S/C21H27N5OS/c1-4-22-20(27)13-5-10-17-16(11-13)18-19(23-12-24-21(18)28-17)25-14-6-8-15(9-7-14)26(2)3/h5,10-12,14-15H,4,6-9H2,1-3H3,(H,22,27)(H,23,24,25). The van der Waals surface area contributed by atoms with Crippen molar-refractivity contribution in [1.82, 2.24) is 20.2 Å². The van der Waals surface area contributed by atoms with Crippen LogP contribution in [0.1, 0.15) is 43.0 Å². The van der Waals surface area contributed by atoms with E-state index in [9.17, 15) is 4.79 Å². The minimum absolute atomic E-state index is 0.0443. The number of amides is 1. The van der Waals surface area contributed by atoms with Gasteiger partial charge < -0.3 is 15.5 Å². The second kappa shape index (κ2) is 8.01. The zero-order valence-corrected chi connectivity index (χ0v) is 17.5. The zero-order valence-electron chi connectivity index (χ0n) is 16.7. The van der Waals surface area contributed by atoms with E-state index in [0.29, 0.717) is 24.2 Å². The third-order valence-corrected chi connectivity index (χ3v) is 6.71. The van der Waals surface area contributed by atoms with Crippen LogP contribution in [0, 0.1) is 0 Å². The molecule has 7 heteroatoms. The predicted molar refractivity (Wildman–Crippen MR) is 116 cm³/mol. The molecule has 1 fully saturated rings. The number of fused-ring (bicyclic) bond motifs is 3. The second-order valence-electron chi connectivity index (χ2n) is 7.69. The van der Waals surface area contributed by atoms with E-state index in [1.54, 1.807) is 17.7 Å². The number of anilines is 1. The molecule has 0 saturated heterocycles. The molecule has 0 radical (unpaired) electrons. The van der Waals surface area contributed by atoms with Crippen LogP contribution in [0.25, 0.3) is 20.3 Å². The van der Waals surface area contributed by atoms with Gasteiger partial charge in [-0.25, -0.2) is 9.97 Å². The van der Waals surface area contributed by atoms with Gasteiger partial charge in [-0.15, -0.1) is 11.3 Å². The highest BCUT2D eigenvalue weighted by molar-refractivity contribution is 7.25. The van der Waals surface area contributed by atoms with E-state index in [1.165, 1.54) is 12.8 Å². The number of hydrogen-bond acceptors (Lipinski definition) is 6. The first-order chi connectivity index (χ1) is 13.6. The van der Waals surface area contributed by atoms with Gasteiger partial charge in [0.1, 0.15) is 17.0 Å². The van der Waals surface area contributed by atoms with Gasteiger partial charge in [0.05, 0.1) is 5.39 Å². The highest BCUT2D eigenvalue weighted by atomic mass is 32.1. The van der Waals surface area contributed by atoms with E-state index >= 15 is 0 Å². The van der Waals surface area contributed by atoms with Crippen molar-refractivity contribution in [3.05, 3.63) is 30.1 Å². The first-order valence-corrected chi connectivity index (χ1v) is 10.8. The van der Waals surface area contributed by atoms with E-state index < -0.39 is 0 Å². The summed E-state index contributed by atoms with van der Waals surface area (Å²) < 4.78 is 1.13. The van der Waals surface area contributed by atoms with Crippen LogP contribution in [0.2, 0.25) is 0 Å². The van der Waals surface area contributed by atoms with E-state index in [2.05, 4.69) is 39.6 Å². The highest BCUT2D eigenvalue weighted by Crippen LogP contribution is 2.37. The zero-order chi connectivity index (χ0) is 19.7. The van der Waals surface area contributed by atoms with Crippen molar-refractivity contribution in [2.75, 3.05) is 26.0 Å². The number of carbonyl (C=O) groups excluding carboxylic acids is 1. The third-order valence-electron chi connectivity index (χ3n) is 5.64. The molecule has 1 aliphatic carbocycles. The number of nitrogens with one attached hydrogen (secondary N) is 2. The van der Waals surface area contributed by atoms with Gasteiger partial charge in [0.15, 0.2) is 0 Å². The summed E-state index contributed by atoms with van der Waals surface area (Å²) >= 11 is 1.65. The molecular formula is C21H27N5OS. The van der Waals surface area contributed by atoms with Gasteiger partial charge in [-0.3, -0.25) is 4.79 Å². The topological polar surface area (TPSA) is 70.1 Å². The van der Waals surface area contributed by atoms with E-state index in [-0.39, 0.29) is 5.91 Å². The summed E-state index contributed by atoms with van der Waals surface area (Å²) in [6.45, 7) is 2.55. The Kier molecular flexibility index (Phi) is 5.46. The first-order valence-electron chi connectivity index (χ1n) is 9.95. The van der Waals surface area contributed by atoms with Gasteiger partial charge in [-0.1, -0.05) is 0 Å². The van der Waals surface area contributed by atoms with Crippen LogP contribution in [-0.4, -0.2) is 53.5 Å². The number of carbonyl (C=O) groups is 1. The molecule has 1 aliphatic rings. The lowest BCUT2D eigenvalue weighted by atomic mass is 9.90. The van der Waals surface area contributed by atoms with Crippen LogP contribution >= 0.6 is 11.3 Å². The summed E-state index contributed by atoms with van der Waals surface area (Å²) in [6.07, 6.45) is 6.31.